The Morgan fingerprint density at radius 3 is 1.86 bits per heavy atom. The number of phosphoric ester groups is 1. The fourth-order valence-corrected chi connectivity index (χ4v) is 3.29. The monoisotopic (exact) mass is 438 g/mol. The predicted molar refractivity (Wildman–Crippen MR) is 115 cm³/mol. The number of aliphatic hydroxyl groups is 2. The molecular weight excluding hydrogens is 395 g/mol. The molecule has 0 aliphatic heterocycles. The maximum atomic E-state index is 10.5. The molecular formula is C21H43O7P. The van der Waals surface area contributed by atoms with E-state index >= 15 is 0 Å². The number of rotatable bonds is 21. The van der Waals surface area contributed by atoms with Crippen molar-refractivity contribution in [2.75, 3.05) is 13.2 Å². The van der Waals surface area contributed by atoms with Crippen molar-refractivity contribution in [2.45, 2.75) is 109 Å². The first-order valence-electron chi connectivity index (χ1n) is 11.2. The zero-order chi connectivity index (χ0) is 21.8. The van der Waals surface area contributed by atoms with Gasteiger partial charge in [0.2, 0.25) is 0 Å². The summed E-state index contributed by atoms with van der Waals surface area (Å²) in [6.07, 6.45) is 18.7. The van der Waals surface area contributed by atoms with Gasteiger partial charge in [-0.2, -0.15) is 0 Å². The van der Waals surface area contributed by atoms with Gasteiger partial charge >= 0.3 is 7.82 Å². The Balaban J connectivity index is 3.37. The fourth-order valence-electron chi connectivity index (χ4n) is 2.93. The van der Waals surface area contributed by atoms with Gasteiger partial charge in [0.15, 0.2) is 6.29 Å². The Bertz CT molecular complexity index is 425. The van der Waals surface area contributed by atoms with E-state index in [0.717, 1.165) is 25.7 Å². The van der Waals surface area contributed by atoms with E-state index in [0.29, 0.717) is 6.42 Å². The average molecular weight is 439 g/mol. The van der Waals surface area contributed by atoms with Gasteiger partial charge < -0.3 is 24.7 Å². The minimum Gasteiger partial charge on any atom is -0.388 e. The average Bonchev–Trinajstić information content (AvgIpc) is 2.67. The molecule has 0 unspecified atom stereocenters. The molecule has 0 fully saturated rings. The minimum absolute atomic E-state index is 0.230. The summed E-state index contributed by atoms with van der Waals surface area (Å²) < 4.78 is 19.7. The van der Waals surface area contributed by atoms with Crippen LogP contribution >= 0.6 is 7.82 Å². The summed E-state index contributed by atoms with van der Waals surface area (Å²) in [4.78, 5) is 17.1. The number of ether oxygens (including phenoxy) is 1. The van der Waals surface area contributed by atoms with Gasteiger partial charge in [0, 0.05) is 0 Å². The quantitative estimate of drug-likeness (QED) is 0.0878. The van der Waals surface area contributed by atoms with Crippen molar-refractivity contribution in [1.29, 1.82) is 0 Å². The summed E-state index contributed by atoms with van der Waals surface area (Å²) in [5, 5.41) is 19.1. The first-order chi connectivity index (χ1) is 13.8. The molecule has 0 saturated carbocycles. The number of allylic oxidation sites excluding steroid dienone is 2. The Hall–Kier alpha value is -0.270. The number of unbranched alkanes of at least 4 members (excludes halogenated alkanes) is 11. The zero-order valence-electron chi connectivity index (χ0n) is 18.1. The SMILES string of the molecule is CCCCCCCC/C=C\CCCCCCC[C@@H](O)OC[C@@H](O)COP(=O)(O)O. The first kappa shape index (κ1) is 28.7. The molecule has 0 saturated heterocycles. The highest BCUT2D eigenvalue weighted by atomic mass is 31.2. The zero-order valence-corrected chi connectivity index (χ0v) is 19.0. The molecule has 0 aromatic carbocycles. The molecule has 0 aliphatic carbocycles. The molecule has 0 bridgehead atoms. The molecule has 7 nitrogen and oxygen atoms in total. The molecule has 0 heterocycles. The summed E-state index contributed by atoms with van der Waals surface area (Å²) in [7, 11) is -4.60. The Morgan fingerprint density at radius 2 is 1.31 bits per heavy atom. The summed E-state index contributed by atoms with van der Waals surface area (Å²) in [5.74, 6) is 0. The van der Waals surface area contributed by atoms with Gasteiger partial charge in [0.05, 0.1) is 13.2 Å². The van der Waals surface area contributed by atoms with Crippen molar-refractivity contribution in [3.8, 4) is 0 Å². The largest absolute Gasteiger partial charge is 0.469 e. The highest BCUT2D eigenvalue weighted by Gasteiger charge is 2.17. The Morgan fingerprint density at radius 1 is 0.793 bits per heavy atom. The van der Waals surface area contributed by atoms with Gasteiger partial charge in [-0.25, -0.2) is 4.57 Å². The molecule has 0 spiro atoms. The van der Waals surface area contributed by atoms with E-state index in [4.69, 9.17) is 14.5 Å². The van der Waals surface area contributed by atoms with Crippen LogP contribution < -0.4 is 0 Å². The number of hydrogen-bond donors (Lipinski definition) is 4. The van der Waals surface area contributed by atoms with Crippen LogP contribution in [0.2, 0.25) is 0 Å². The first-order valence-corrected chi connectivity index (χ1v) is 12.7. The Kier molecular flexibility index (Phi) is 19.5. The molecule has 174 valence electrons. The van der Waals surface area contributed by atoms with Crippen molar-refractivity contribution in [3.63, 3.8) is 0 Å². The van der Waals surface area contributed by atoms with Crippen molar-refractivity contribution in [3.05, 3.63) is 12.2 Å². The minimum atomic E-state index is -4.60. The van der Waals surface area contributed by atoms with Crippen LogP contribution in [0, 0.1) is 0 Å². The summed E-state index contributed by atoms with van der Waals surface area (Å²) in [6, 6.07) is 0. The molecule has 4 N–H and O–H groups in total. The van der Waals surface area contributed by atoms with Crippen molar-refractivity contribution >= 4 is 7.82 Å². The molecule has 29 heavy (non-hydrogen) atoms. The molecule has 0 radical (unpaired) electrons. The van der Waals surface area contributed by atoms with E-state index in [2.05, 4.69) is 23.6 Å². The van der Waals surface area contributed by atoms with Gasteiger partial charge in [-0.3, -0.25) is 4.52 Å². The highest BCUT2D eigenvalue weighted by molar-refractivity contribution is 7.46. The van der Waals surface area contributed by atoms with Crippen molar-refractivity contribution in [1.82, 2.24) is 0 Å². The Labute approximate surface area is 176 Å². The van der Waals surface area contributed by atoms with E-state index in [1.54, 1.807) is 0 Å². The lowest BCUT2D eigenvalue weighted by Gasteiger charge is -2.15. The van der Waals surface area contributed by atoms with Crippen molar-refractivity contribution in [2.24, 2.45) is 0 Å². The third-order valence-corrected chi connectivity index (χ3v) is 5.11. The predicted octanol–water partition coefficient (Wildman–Crippen LogP) is 4.83. The highest BCUT2D eigenvalue weighted by Crippen LogP contribution is 2.35. The van der Waals surface area contributed by atoms with Gasteiger partial charge in [0.1, 0.15) is 6.10 Å². The third kappa shape index (κ3) is 23.9. The number of hydrogen-bond acceptors (Lipinski definition) is 5. The molecule has 8 heteroatoms. The van der Waals surface area contributed by atoms with Crippen LogP contribution in [0.3, 0.4) is 0 Å². The standard InChI is InChI=1S/C21H43O7P/c1-2-3-4-5-6-7-8-9-10-11-12-13-14-15-16-17-21(23)27-18-20(22)19-28-29(24,25)26/h9-10,20-23H,2-8,11-19H2,1H3,(H2,24,25,26)/b10-9-/t20-,21+/m1/s1. The number of phosphoric acid groups is 1. The van der Waals surface area contributed by atoms with Crippen LogP contribution in [-0.2, 0) is 13.8 Å². The van der Waals surface area contributed by atoms with Crippen LogP contribution in [0.4, 0.5) is 0 Å². The van der Waals surface area contributed by atoms with Crippen LogP contribution in [0.15, 0.2) is 12.2 Å². The third-order valence-electron chi connectivity index (χ3n) is 4.63. The van der Waals surface area contributed by atoms with Gasteiger partial charge in [-0.1, -0.05) is 70.4 Å². The second kappa shape index (κ2) is 19.7. The maximum absolute atomic E-state index is 10.5. The molecule has 2 atom stereocenters. The van der Waals surface area contributed by atoms with Crippen LogP contribution in [-0.4, -0.2) is 45.6 Å². The second-order valence-corrected chi connectivity index (χ2v) is 8.84. The normalized spacial score (nSPS) is 14.5. The second-order valence-electron chi connectivity index (χ2n) is 7.60. The molecule has 0 rings (SSSR count). The van der Waals surface area contributed by atoms with Crippen LogP contribution in [0.25, 0.3) is 0 Å². The van der Waals surface area contributed by atoms with Crippen LogP contribution in [0.5, 0.6) is 0 Å². The summed E-state index contributed by atoms with van der Waals surface area (Å²) >= 11 is 0. The number of aliphatic hydroxyl groups excluding tert-OH is 2. The molecule has 0 aliphatic rings. The topological polar surface area (TPSA) is 116 Å². The summed E-state index contributed by atoms with van der Waals surface area (Å²) in [5.41, 5.74) is 0. The summed E-state index contributed by atoms with van der Waals surface area (Å²) in [6.45, 7) is 1.48. The fraction of sp³-hybridized carbons (Fsp3) is 0.905. The van der Waals surface area contributed by atoms with Gasteiger partial charge in [0.25, 0.3) is 0 Å². The molecule has 0 amide bonds. The molecule has 0 aromatic heterocycles. The lowest BCUT2D eigenvalue weighted by molar-refractivity contribution is -0.129. The maximum Gasteiger partial charge on any atom is 0.469 e. The van der Waals surface area contributed by atoms with Crippen molar-refractivity contribution < 1.29 is 33.8 Å². The smallest absolute Gasteiger partial charge is 0.388 e. The lowest BCUT2D eigenvalue weighted by Crippen LogP contribution is -2.25. The van der Waals surface area contributed by atoms with E-state index in [1.807, 2.05) is 0 Å². The van der Waals surface area contributed by atoms with Crippen LogP contribution in [0.1, 0.15) is 96.8 Å². The van der Waals surface area contributed by atoms with Gasteiger partial charge in [-0.05, 0) is 38.5 Å². The van der Waals surface area contributed by atoms with E-state index < -0.39 is 26.8 Å². The molecule has 0 aromatic rings. The van der Waals surface area contributed by atoms with E-state index in [9.17, 15) is 14.8 Å². The lowest BCUT2D eigenvalue weighted by atomic mass is 10.1. The van der Waals surface area contributed by atoms with Gasteiger partial charge in [-0.15, -0.1) is 0 Å². The van der Waals surface area contributed by atoms with E-state index in [1.165, 1.54) is 57.8 Å². The van der Waals surface area contributed by atoms with E-state index in [-0.39, 0.29) is 6.61 Å².